The number of fused-ring (bicyclic) bond motifs is 1. The zero-order chi connectivity index (χ0) is 24.5. The number of aromatic amines is 1. The summed E-state index contributed by atoms with van der Waals surface area (Å²) in [5.41, 5.74) is 1.97. The van der Waals surface area contributed by atoms with Gasteiger partial charge in [-0.25, -0.2) is 0 Å². The van der Waals surface area contributed by atoms with Gasteiger partial charge in [0.25, 0.3) is 17.6 Å². The summed E-state index contributed by atoms with van der Waals surface area (Å²) in [6.07, 6.45) is 3.08. The van der Waals surface area contributed by atoms with Crippen molar-refractivity contribution in [1.29, 1.82) is 0 Å². The number of piperazine rings is 1. The third-order valence-corrected chi connectivity index (χ3v) is 6.19. The van der Waals surface area contributed by atoms with E-state index in [1.807, 2.05) is 12.1 Å². The number of aromatic nitrogens is 1. The number of rotatable bonds is 5. The topological polar surface area (TPSA) is 116 Å². The molecule has 0 unspecified atom stereocenters. The lowest BCUT2D eigenvalue weighted by Gasteiger charge is -2.34. The number of benzene rings is 2. The Labute approximate surface area is 200 Å². The van der Waals surface area contributed by atoms with Gasteiger partial charge in [0, 0.05) is 43.5 Å². The molecule has 1 saturated heterocycles. The number of amides is 2. The van der Waals surface area contributed by atoms with Gasteiger partial charge in [-0.1, -0.05) is 6.07 Å². The van der Waals surface area contributed by atoms with Crippen molar-refractivity contribution in [3.05, 3.63) is 72.1 Å². The van der Waals surface area contributed by atoms with Gasteiger partial charge < -0.3 is 29.0 Å². The molecule has 0 saturated carbocycles. The first-order chi connectivity index (χ1) is 17.0. The molecule has 1 fully saturated rings. The molecule has 4 aromatic rings. The standard InChI is InChI=1S/C26H23N3O6/c1-34-21-8-7-18(20-6-3-13-35-20)23-22(21)19(15-27-23)24(31)26(33)29-11-9-28(10-12-29)25(32)16-4-2-5-17(30)14-16/h2-8,13-15,27,30H,9-12H2,1H3. The first kappa shape index (κ1) is 22.3. The fourth-order valence-corrected chi connectivity index (χ4v) is 4.40. The quantitative estimate of drug-likeness (QED) is 0.339. The molecule has 35 heavy (non-hydrogen) atoms. The van der Waals surface area contributed by atoms with E-state index in [0.717, 1.165) is 5.56 Å². The second-order valence-corrected chi connectivity index (χ2v) is 8.21. The van der Waals surface area contributed by atoms with Crippen LogP contribution in [0.1, 0.15) is 20.7 Å². The highest BCUT2D eigenvalue weighted by atomic mass is 16.5. The van der Waals surface area contributed by atoms with E-state index in [-0.39, 0.29) is 43.4 Å². The predicted molar refractivity (Wildman–Crippen MR) is 127 cm³/mol. The van der Waals surface area contributed by atoms with E-state index >= 15 is 0 Å². The van der Waals surface area contributed by atoms with E-state index in [9.17, 15) is 19.5 Å². The van der Waals surface area contributed by atoms with Crippen molar-refractivity contribution in [3.63, 3.8) is 0 Å². The second-order valence-electron chi connectivity index (χ2n) is 8.21. The van der Waals surface area contributed by atoms with Gasteiger partial charge >= 0.3 is 0 Å². The number of ketones is 1. The molecule has 0 atom stereocenters. The van der Waals surface area contributed by atoms with Crippen LogP contribution in [0.2, 0.25) is 0 Å². The number of nitrogens with one attached hydrogen (secondary N) is 1. The zero-order valence-electron chi connectivity index (χ0n) is 19.0. The lowest BCUT2D eigenvalue weighted by atomic mass is 10.0. The summed E-state index contributed by atoms with van der Waals surface area (Å²) in [7, 11) is 1.51. The van der Waals surface area contributed by atoms with E-state index in [1.54, 1.807) is 35.4 Å². The van der Waals surface area contributed by atoms with Gasteiger partial charge in [0.05, 0.1) is 29.8 Å². The van der Waals surface area contributed by atoms with E-state index in [4.69, 9.17) is 9.15 Å². The van der Waals surface area contributed by atoms with E-state index in [2.05, 4.69) is 4.98 Å². The van der Waals surface area contributed by atoms with Gasteiger partial charge in [0.1, 0.15) is 17.3 Å². The summed E-state index contributed by atoms with van der Waals surface area (Å²) in [6, 6.07) is 13.3. The molecule has 9 heteroatoms. The Hall–Kier alpha value is -4.53. The Morgan fingerprint density at radius 2 is 1.77 bits per heavy atom. The number of methoxy groups -OCH3 is 1. The van der Waals surface area contributed by atoms with Crippen molar-refractivity contribution in [1.82, 2.24) is 14.8 Å². The van der Waals surface area contributed by atoms with Crippen LogP contribution in [-0.2, 0) is 4.79 Å². The molecule has 1 aliphatic heterocycles. The molecule has 0 bridgehead atoms. The average Bonchev–Trinajstić information content (AvgIpc) is 3.58. The minimum atomic E-state index is -0.654. The van der Waals surface area contributed by atoms with Crippen LogP contribution in [0.25, 0.3) is 22.2 Å². The minimum Gasteiger partial charge on any atom is -0.508 e. The van der Waals surface area contributed by atoms with Crippen LogP contribution >= 0.6 is 0 Å². The highest BCUT2D eigenvalue weighted by Crippen LogP contribution is 2.36. The number of phenolic OH excluding ortho intramolecular Hbond substituents is 1. The molecule has 3 heterocycles. The maximum Gasteiger partial charge on any atom is 0.295 e. The van der Waals surface area contributed by atoms with Crippen LogP contribution in [0.15, 0.2) is 65.4 Å². The molecule has 0 radical (unpaired) electrons. The SMILES string of the molecule is COc1ccc(-c2ccco2)c2[nH]cc(C(=O)C(=O)N3CCN(C(=O)c4cccc(O)c4)CC3)c12. The van der Waals surface area contributed by atoms with Crippen LogP contribution in [0.5, 0.6) is 11.5 Å². The molecule has 2 N–H and O–H groups in total. The maximum absolute atomic E-state index is 13.3. The highest BCUT2D eigenvalue weighted by Gasteiger charge is 2.31. The van der Waals surface area contributed by atoms with Crippen LogP contribution in [-0.4, -0.2) is 70.8 Å². The zero-order valence-corrected chi connectivity index (χ0v) is 19.0. The smallest absolute Gasteiger partial charge is 0.295 e. The molecule has 178 valence electrons. The van der Waals surface area contributed by atoms with Crippen molar-refractivity contribution < 1.29 is 28.6 Å². The number of hydrogen-bond donors (Lipinski definition) is 2. The van der Waals surface area contributed by atoms with E-state index in [0.29, 0.717) is 28.0 Å². The molecule has 2 aromatic carbocycles. The van der Waals surface area contributed by atoms with Crippen molar-refractivity contribution in [2.45, 2.75) is 0 Å². The average molecular weight is 473 g/mol. The lowest BCUT2D eigenvalue weighted by molar-refractivity contribution is -0.127. The van der Waals surface area contributed by atoms with E-state index < -0.39 is 11.7 Å². The van der Waals surface area contributed by atoms with Gasteiger partial charge in [-0.2, -0.15) is 0 Å². The monoisotopic (exact) mass is 473 g/mol. The minimum absolute atomic E-state index is 0.0135. The van der Waals surface area contributed by atoms with Gasteiger partial charge in [-0.15, -0.1) is 0 Å². The Bertz CT molecular complexity index is 1410. The number of H-pyrrole nitrogens is 1. The second kappa shape index (κ2) is 9.02. The molecular formula is C26H23N3O6. The van der Waals surface area contributed by atoms with Gasteiger partial charge in [-0.3, -0.25) is 14.4 Å². The summed E-state index contributed by atoms with van der Waals surface area (Å²) < 4.78 is 11.0. The maximum atomic E-state index is 13.3. The Morgan fingerprint density at radius 1 is 1.00 bits per heavy atom. The van der Waals surface area contributed by atoms with Gasteiger partial charge in [0.15, 0.2) is 0 Å². The van der Waals surface area contributed by atoms with Crippen LogP contribution in [0, 0.1) is 0 Å². The fourth-order valence-electron chi connectivity index (χ4n) is 4.40. The van der Waals surface area contributed by atoms with Crippen LogP contribution in [0.3, 0.4) is 0 Å². The molecule has 9 nitrogen and oxygen atoms in total. The number of aromatic hydroxyl groups is 1. The summed E-state index contributed by atoms with van der Waals surface area (Å²) in [6.45, 7) is 1.03. The number of nitrogens with zero attached hydrogens (tertiary/aromatic N) is 2. The van der Waals surface area contributed by atoms with Crippen LogP contribution in [0.4, 0.5) is 0 Å². The largest absolute Gasteiger partial charge is 0.508 e. The first-order valence-corrected chi connectivity index (χ1v) is 11.1. The van der Waals surface area contributed by atoms with Crippen molar-refractivity contribution >= 4 is 28.5 Å². The molecular weight excluding hydrogens is 450 g/mol. The molecule has 1 aliphatic rings. The molecule has 0 aliphatic carbocycles. The Balaban J connectivity index is 1.35. The van der Waals surface area contributed by atoms with E-state index in [1.165, 1.54) is 30.3 Å². The molecule has 2 aromatic heterocycles. The summed E-state index contributed by atoms with van der Waals surface area (Å²) in [5.74, 6) is -0.419. The number of phenols is 1. The lowest BCUT2D eigenvalue weighted by Crippen LogP contribution is -2.52. The fraction of sp³-hybridized carbons (Fsp3) is 0.192. The number of ether oxygens (including phenoxy) is 1. The Kier molecular flexibility index (Phi) is 5.74. The normalized spacial score (nSPS) is 13.7. The first-order valence-electron chi connectivity index (χ1n) is 11.1. The third kappa shape index (κ3) is 4.01. The number of hydrogen-bond acceptors (Lipinski definition) is 6. The number of furan rings is 1. The van der Waals surface area contributed by atoms with Crippen molar-refractivity contribution in [2.75, 3.05) is 33.3 Å². The highest BCUT2D eigenvalue weighted by molar-refractivity contribution is 6.45. The molecule has 5 rings (SSSR count). The van der Waals surface area contributed by atoms with Crippen molar-refractivity contribution in [2.24, 2.45) is 0 Å². The Morgan fingerprint density at radius 3 is 2.46 bits per heavy atom. The number of carbonyl (C=O) groups is 3. The predicted octanol–water partition coefficient (Wildman–Crippen LogP) is 3.31. The number of Topliss-reactive ketones (excluding diaryl/α,β-unsaturated/α-hetero) is 1. The third-order valence-electron chi connectivity index (χ3n) is 6.19. The van der Waals surface area contributed by atoms with Crippen molar-refractivity contribution in [3.8, 4) is 22.8 Å². The van der Waals surface area contributed by atoms with Gasteiger partial charge in [0.2, 0.25) is 0 Å². The number of carbonyl (C=O) groups excluding carboxylic acids is 3. The summed E-state index contributed by atoms with van der Waals surface area (Å²) >= 11 is 0. The van der Waals surface area contributed by atoms with Gasteiger partial charge in [-0.05, 0) is 42.5 Å². The molecule has 0 spiro atoms. The molecule has 2 amide bonds. The summed E-state index contributed by atoms with van der Waals surface area (Å²) in [4.78, 5) is 45.2. The summed E-state index contributed by atoms with van der Waals surface area (Å²) in [5, 5.41) is 10.1. The van der Waals surface area contributed by atoms with Crippen LogP contribution < -0.4 is 4.74 Å².